The molecule has 0 saturated carbocycles. The number of nitrogens with zero attached hydrogens (tertiary/aromatic N) is 5. The lowest BCUT2D eigenvalue weighted by molar-refractivity contribution is 0.0704. The lowest BCUT2D eigenvalue weighted by Gasteiger charge is -2.42. The number of hydrogen-bond donors (Lipinski definition) is 2. The third kappa shape index (κ3) is 7.08. The van der Waals surface area contributed by atoms with Crippen LogP contribution in [-0.2, 0) is 6.54 Å². The van der Waals surface area contributed by atoms with E-state index >= 15 is 0 Å². The van der Waals surface area contributed by atoms with Gasteiger partial charge in [0, 0.05) is 19.1 Å². The average Bonchev–Trinajstić information content (AvgIpc) is 3.58. The first kappa shape index (κ1) is 30.5. The molecule has 0 aliphatic carbocycles. The first-order valence-corrected chi connectivity index (χ1v) is 14.0. The fraction of sp³-hybridized carbons (Fsp3) is 0.500. The van der Waals surface area contributed by atoms with E-state index < -0.39 is 35.8 Å². The van der Waals surface area contributed by atoms with E-state index in [-0.39, 0.29) is 49.6 Å². The molecule has 0 radical (unpaired) electrons. The highest BCUT2D eigenvalue weighted by Crippen LogP contribution is 2.40. The number of carbonyl (C=O) groups excluding carboxylic acids is 1. The number of likely N-dealkylation sites (tertiary alicyclic amines) is 1. The maximum atomic E-state index is 14.9. The first-order valence-electron chi connectivity index (χ1n) is 14.0. The predicted molar refractivity (Wildman–Crippen MR) is 151 cm³/mol. The molecule has 2 heterocycles. The third-order valence-corrected chi connectivity index (χ3v) is 7.44. The second kappa shape index (κ2) is 13.0. The largest absolute Gasteiger partial charge is 0.394 e. The van der Waals surface area contributed by atoms with Crippen molar-refractivity contribution in [3.05, 3.63) is 71.6 Å². The third-order valence-electron chi connectivity index (χ3n) is 7.44. The lowest BCUT2D eigenvalue weighted by atomic mass is 9.84. The van der Waals surface area contributed by atoms with Crippen LogP contribution < -0.4 is 5.73 Å². The van der Waals surface area contributed by atoms with E-state index in [2.05, 4.69) is 5.10 Å². The molecule has 1 aliphatic heterocycles. The molecule has 11 heteroatoms. The number of rotatable bonds is 10. The summed E-state index contributed by atoms with van der Waals surface area (Å²) < 4.78 is 44.1. The summed E-state index contributed by atoms with van der Waals surface area (Å²) in [5, 5.41) is 14.6. The number of aromatic nitrogens is 3. The van der Waals surface area contributed by atoms with Gasteiger partial charge < -0.3 is 20.6 Å². The Morgan fingerprint density at radius 3 is 2.59 bits per heavy atom. The van der Waals surface area contributed by atoms with Gasteiger partial charge in [0.05, 0.1) is 30.8 Å². The Morgan fingerprint density at radius 2 is 1.93 bits per heavy atom. The number of urea groups is 1. The molecule has 1 unspecified atom stereocenters. The van der Waals surface area contributed by atoms with Crippen LogP contribution >= 0.6 is 0 Å². The number of carbonyl (C=O) groups is 1. The topological polar surface area (TPSA) is 101 Å². The Labute approximate surface area is 239 Å². The number of nitrogens with two attached hydrogens (primary N) is 1. The van der Waals surface area contributed by atoms with Crippen molar-refractivity contribution in [3.63, 3.8) is 0 Å². The highest BCUT2D eigenvalue weighted by molar-refractivity contribution is 5.76. The van der Waals surface area contributed by atoms with Crippen molar-refractivity contribution in [2.45, 2.75) is 64.7 Å². The molecule has 4 rings (SSSR count). The molecule has 3 aromatic rings. The van der Waals surface area contributed by atoms with Crippen LogP contribution in [0.25, 0.3) is 11.4 Å². The molecule has 0 spiro atoms. The van der Waals surface area contributed by atoms with E-state index in [0.29, 0.717) is 18.8 Å². The van der Waals surface area contributed by atoms with Crippen LogP contribution in [0.3, 0.4) is 0 Å². The maximum absolute atomic E-state index is 14.9. The first-order chi connectivity index (χ1) is 19.5. The van der Waals surface area contributed by atoms with Crippen molar-refractivity contribution >= 4 is 6.03 Å². The zero-order valence-corrected chi connectivity index (χ0v) is 23.8. The zero-order valence-electron chi connectivity index (χ0n) is 23.8. The molecule has 1 aliphatic rings. The Kier molecular flexibility index (Phi) is 9.70. The molecule has 1 fully saturated rings. The van der Waals surface area contributed by atoms with E-state index in [4.69, 9.17) is 10.7 Å². The van der Waals surface area contributed by atoms with E-state index in [1.54, 1.807) is 14.5 Å². The zero-order chi connectivity index (χ0) is 29.7. The van der Waals surface area contributed by atoms with Crippen LogP contribution in [-0.4, -0.2) is 74.2 Å². The van der Waals surface area contributed by atoms with Gasteiger partial charge in [-0.2, -0.15) is 5.10 Å². The molecule has 41 heavy (non-hydrogen) atoms. The summed E-state index contributed by atoms with van der Waals surface area (Å²) in [4.78, 5) is 22.2. The Bertz CT molecular complexity index is 1310. The standard InChI is InChI=1S/C30H39F3N6O2/c1-30(2,3)26(38(15-13-22(34)17-31)29(41)37-14-7-10-23(37)19-40)28-35-27(24-16-21(32)11-12-25(24)33)36-39(28)18-20-8-5-4-6-9-20/h4-6,8-9,11-12,16,22-23,26,40H,7,10,13-15,17-19,34H2,1-3H3/t22?,23-,26+/m1/s1. The van der Waals surface area contributed by atoms with E-state index in [1.165, 1.54) is 0 Å². The summed E-state index contributed by atoms with van der Waals surface area (Å²) in [5.74, 6) is -0.936. The van der Waals surface area contributed by atoms with Crippen molar-refractivity contribution in [1.82, 2.24) is 24.6 Å². The summed E-state index contributed by atoms with van der Waals surface area (Å²) in [6.07, 6.45) is 1.63. The summed E-state index contributed by atoms with van der Waals surface area (Å²) in [5.41, 5.74) is 6.12. The van der Waals surface area contributed by atoms with Crippen molar-refractivity contribution in [2.75, 3.05) is 26.4 Å². The van der Waals surface area contributed by atoms with E-state index in [1.807, 2.05) is 51.1 Å². The molecule has 1 aromatic heterocycles. The maximum Gasteiger partial charge on any atom is 0.320 e. The second-order valence-corrected chi connectivity index (χ2v) is 11.7. The fourth-order valence-electron chi connectivity index (χ4n) is 5.37. The Balaban J connectivity index is 1.87. The lowest BCUT2D eigenvalue weighted by Crippen LogP contribution is -2.52. The highest BCUT2D eigenvalue weighted by Gasteiger charge is 2.42. The highest BCUT2D eigenvalue weighted by atomic mass is 19.1. The number of hydrogen-bond acceptors (Lipinski definition) is 5. The summed E-state index contributed by atoms with van der Waals surface area (Å²) in [7, 11) is 0. The van der Waals surface area contributed by atoms with Gasteiger partial charge in [-0.25, -0.2) is 27.6 Å². The molecule has 3 atom stereocenters. The number of aliphatic hydroxyl groups is 1. The van der Waals surface area contributed by atoms with Crippen LogP contribution in [0.4, 0.5) is 18.0 Å². The molecule has 222 valence electrons. The smallest absolute Gasteiger partial charge is 0.320 e. The number of alkyl halides is 1. The van der Waals surface area contributed by atoms with Gasteiger partial charge in [0.1, 0.15) is 18.3 Å². The van der Waals surface area contributed by atoms with Crippen molar-refractivity contribution < 1.29 is 23.1 Å². The Hall–Kier alpha value is -3.44. The van der Waals surface area contributed by atoms with Crippen molar-refractivity contribution in [1.29, 1.82) is 0 Å². The number of aliphatic hydroxyl groups excluding tert-OH is 1. The minimum atomic E-state index is -0.766. The number of amides is 2. The Morgan fingerprint density at radius 1 is 1.20 bits per heavy atom. The van der Waals surface area contributed by atoms with Crippen LogP contribution in [0.5, 0.6) is 0 Å². The molecular formula is C30H39F3N6O2. The van der Waals surface area contributed by atoms with Crippen LogP contribution in [0, 0.1) is 17.0 Å². The van der Waals surface area contributed by atoms with E-state index in [0.717, 1.165) is 30.2 Å². The van der Waals surface area contributed by atoms with Gasteiger partial charge in [-0.1, -0.05) is 51.1 Å². The molecule has 3 N–H and O–H groups in total. The van der Waals surface area contributed by atoms with Gasteiger partial charge in [-0.05, 0) is 48.4 Å². The van der Waals surface area contributed by atoms with Gasteiger partial charge >= 0.3 is 6.03 Å². The van der Waals surface area contributed by atoms with Crippen molar-refractivity contribution in [2.24, 2.45) is 11.1 Å². The molecule has 8 nitrogen and oxygen atoms in total. The minimum absolute atomic E-state index is 0.00977. The minimum Gasteiger partial charge on any atom is -0.394 e. The monoisotopic (exact) mass is 572 g/mol. The summed E-state index contributed by atoms with van der Waals surface area (Å²) >= 11 is 0. The van der Waals surface area contributed by atoms with Crippen LogP contribution in [0.1, 0.15) is 57.5 Å². The quantitative estimate of drug-likeness (QED) is 0.359. The van der Waals surface area contributed by atoms with Gasteiger partial charge in [-0.3, -0.25) is 0 Å². The molecule has 2 amide bonds. The summed E-state index contributed by atoms with van der Waals surface area (Å²) in [6.45, 7) is 5.81. The van der Waals surface area contributed by atoms with Crippen LogP contribution in [0.15, 0.2) is 48.5 Å². The van der Waals surface area contributed by atoms with Gasteiger partial charge in [-0.15, -0.1) is 0 Å². The van der Waals surface area contributed by atoms with Gasteiger partial charge in [0.15, 0.2) is 11.6 Å². The van der Waals surface area contributed by atoms with E-state index in [9.17, 15) is 23.1 Å². The van der Waals surface area contributed by atoms with Gasteiger partial charge in [0.25, 0.3) is 0 Å². The average molecular weight is 573 g/mol. The van der Waals surface area contributed by atoms with Gasteiger partial charge in [0.2, 0.25) is 0 Å². The number of halogens is 3. The predicted octanol–water partition coefficient (Wildman–Crippen LogP) is 4.92. The fourth-order valence-corrected chi connectivity index (χ4v) is 5.37. The summed E-state index contributed by atoms with van der Waals surface area (Å²) in [6, 6.07) is 10.5. The molecular weight excluding hydrogens is 533 g/mol. The normalized spacial score (nSPS) is 17.1. The molecule has 2 aromatic carbocycles. The number of benzene rings is 2. The SMILES string of the molecule is CC(C)(C)[C@H](c1nc(-c2cc(F)ccc2F)nn1Cc1ccccc1)N(CCC(N)CF)C(=O)N1CCC[C@@H]1CO. The van der Waals surface area contributed by atoms with Crippen LogP contribution in [0.2, 0.25) is 0 Å². The van der Waals surface area contributed by atoms with Crippen molar-refractivity contribution in [3.8, 4) is 11.4 Å². The second-order valence-electron chi connectivity index (χ2n) is 11.7. The molecule has 0 bridgehead atoms. The molecule has 1 saturated heterocycles.